The molecule has 80 valence electrons. The topological polar surface area (TPSA) is 92.4 Å². The van der Waals surface area contributed by atoms with E-state index in [4.69, 9.17) is 10.8 Å². The number of carbonyl (C=O) groups excluding carboxylic acids is 1. The van der Waals surface area contributed by atoms with Crippen molar-refractivity contribution >= 4 is 11.9 Å². The van der Waals surface area contributed by atoms with Gasteiger partial charge in [-0.25, -0.2) is 0 Å². The molecular formula is C9H16N2O3. The molecule has 1 amide bonds. The normalized spacial score (nSPS) is 17.5. The van der Waals surface area contributed by atoms with Gasteiger partial charge >= 0.3 is 5.97 Å². The van der Waals surface area contributed by atoms with Gasteiger partial charge in [0.05, 0.1) is 0 Å². The lowest BCUT2D eigenvalue weighted by Crippen LogP contribution is -2.32. The molecule has 5 nitrogen and oxygen atoms in total. The number of amides is 1. The first-order valence-electron chi connectivity index (χ1n) is 4.87. The Bertz CT molecular complexity index is 226. The van der Waals surface area contributed by atoms with Crippen LogP contribution < -0.4 is 11.1 Å². The van der Waals surface area contributed by atoms with Gasteiger partial charge in [-0.1, -0.05) is 0 Å². The van der Waals surface area contributed by atoms with E-state index in [1.807, 2.05) is 0 Å². The average Bonchev–Trinajstić information content (AvgIpc) is 2.94. The number of carbonyl (C=O) groups is 2. The van der Waals surface area contributed by atoms with Crippen LogP contribution in [-0.2, 0) is 9.59 Å². The molecule has 0 heterocycles. The number of hydrogen-bond acceptors (Lipinski definition) is 3. The van der Waals surface area contributed by atoms with Gasteiger partial charge in [0.25, 0.3) is 0 Å². The minimum absolute atomic E-state index is 0.0916. The summed E-state index contributed by atoms with van der Waals surface area (Å²) in [5, 5.41) is 11.2. The van der Waals surface area contributed by atoms with Gasteiger partial charge < -0.3 is 16.2 Å². The van der Waals surface area contributed by atoms with Crippen molar-refractivity contribution in [2.45, 2.75) is 31.7 Å². The van der Waals surface area contributed by atoms with Gasteiger partial charge in [0, 0.05) is 12.5 Å². The van der Waals surface area contributed by atoms with Crippen LogP contribution in [0.2, 0.25) is 0 Å². The first-order chi connectivity index (χ1) is 6.61. The summed E-state index contributed by atoms with van der Waals surface area (Å²) in [7, 11) is 0. The Kier molecular flexibility index (Phi) is 3.88. The number of carboxylic acid groups (broad SMARTS) is 1. The third kappa shape index (κ3) is 3.74. The van der Waals surface area contributed by atoms with Crippen LogP contribution in [0.4, 0.5) is 0 Å². The van der Waals surface area contributed by atoms with E-state index >= 15 is 0 Å². The van der Waals surface area contributed by atoms with Gasteiger partial charge in [0.1, 0.15) is 6.04 Å². The molecule has 5 heteroatoms. The number of rotatable bonds is 6. The molecule has 1 rings (SSSR count). The minimum atomic E-state index is -0.987. The molecule has 0 unspecified atom stereocenters. The Morgan fingerprint density at radius 2 is 2.14 bits per heavy atom. The maximum Gasteiger partial charge on any atom is 0.320 e. The van der Waals surface area contributed by atoms with Crippen LogP contribution in [-0.4, -0.2) is 29.6 Å². The molecule has 1 aliphatic rings. The molecule has 1 atom stereocenters. The van der Waals surface area contributed by atoms with Crippen LogP contribution in [0.15, 0.2) is 0 Å². The second-order valence-corrected chi connectivity index (χ2v) is 3.65. The summed E-state index contributed by atoms with van der Waals surface area (Å²) in [6.07, 6.45) is 2.99. The summed E-state index contributed by atoms with van der Waals surface area (Å²) in [5.74, 6) is -0.685. The maximum atomic E-state index is 11.1. The molecule has 14 heavy (non-hydrogen) atoms. The van der Waals surface area contributed by atoms with Crippen LogP contribution in [0.25, 0.3) is 0 Å². The fraction of sp³-hybridized carbons (Fsp3) is 0.778. The highest BCUT2D eigenvalue weighted by Crippen LogP contribution is 2.28. The van der Waals surface area contributed by atoms with Crippen molar-refractivity contribution in [3.8, 4) is 0 Å². The van der Waals surface area contributed by atoms with Gasteiger partial charge in [-0.15, -0.1) is 0 Å². The highest BCUT2D eigenvalue weighted by Gasteiger charge is 2.28. The Morgan fingerprint density at radius 3 is 2.64 bits per heavy atom. The van der Waals surface area contributed by atoms with Crippen LogP contribution in [0, 0.1) is 5.92 Å². The molecular weight excluding hydrogens is 184 g/mol. The van der Waals surface area contributed by atoms with E-state index < -0.39 is 12.0 Å². The van der Waals surface area contributed by atoms with Crippen molar-refractivity contribution in [2.24, 2.45) is 11.7 Å². The summed E-state index contributed by atoms with van der Waals surface area (Å²) in [5.41, 5.74) is 5.29. The molecule has 0 aromatic heterocycles. The molecule has 0 spiro atoms. The van der Waals surface area contributed by atoms with Gasteiger partial charge in [0.2, 0.25) is 5.91 Å². The lowest BCUT2D eigenvalue weighted by atomic mass is 10.2. The Labute approximate surface area is 82.7 Å². The molecule has 0 aromatic carbocycles. The quantitative estimate of drug-likeness (QED) is 0.513. The molecule has 1 saturated carbocycles. The second-order valence-electron chi connectivity index (χ2n) is 3.65. The van der Waals surface area contributed by atoms with E-state index in [9.17, 15) is 9.59 Å². The second kappa shape index (κ2) is 4.95. The summed E-state index contributed by atoms with van der Waals surface area (Å²) in [6.45, 7) is 0.524. The lowest BCUT2D eigenvalue weighted by molar-refractivity contribution is -0.138. The minimum Gasteiger partial charge on any atom is -0.480 e. The van der Waals surface area contributed by atoms with Crippen LogP contribution >= 0.6 is 0 Å². The van der Waals surface area contributed by atoms with E-state index in [1.54, 1.807) is 0 Å². The van der Waals surface area contributed by atoms with Crippen molar-refractivity contribution < 1.29 is 14.7 Å². The van der Waals surface area contributed by atoms with Gasteiger partial charge in [-0.3, -0.25) is 9.59 Å². The molecule has 0 aliphatic heterocycles. The average molecular weight is 200 g/mol. The molecule has 1 aliphatic carbocycles. The summed E-state index contributed by atoms with van der Waals surface area (Å²) in [4.78, 5) is 21.5. The zero-order valence-electron chi connectivity index (χ0n) is 8.03. The highest BCUT2D eigenvalue weighted by molar-refractivity contribution is 5.80. The zero-order chi connectivity index (χ0) is 10.6. The first-order valence-corrected chi connectivity index (χ1v) is 4.87. The van der Waals surface area contributed by atoms with E-state index in [0.29, 0.717) is 19.4 Å². The van der Waals surface area contributed by atoms with Crippen molar-refractivity contribution in [1.82, 2.24) is 5.32 Å². The number of carboxylic acids is 1. The smallest absolute Gasteiger partial charge is 0.320 e. The maximum absolute atomic E-state index is 11.1. The van der Waals surface area contributed by atoms with Gasteiger partial charge in [0.15, 0.2) is 0 Å². The van der Waals surface area contributed by atoms with Crippen LogP contribution in [0.5, 0.6) is 0 Å². The van der Waals surface area contributed by atoms with E-state index in [0.717, 1.165) is 12.8 Å². The standard InChI is InChI=1S/C9H16N2O3/c10-7(9(13)14)2-1-5-11-8(12)6-3-4-6/h6-7H,1-5,10H2,(H,11,12)(H,13,14)/t7-/m0/s1. The van der Waals surface area contributed by atoms with Crippen molar-refractivity contribution in [3.05, 3.63) is 0 Å². The van der Waals surface area contributed by atoms with Gasteiger partial charge in [-0.2, -0.15) is 0 Å². The monoisotopic (exact) mass is 200 g/mol. The Morgan fingerprint density at radius 1 is 1.50 bits per heavy atom. The Hall–Kier alpha value is -1.10. The van der Waals surface area contributed by atoms with Crippen molar-refractivity contribution in [2.75, 3.05) is 6.54 Å². The third-order valence-corrected chi connectivity index (χ3v) is 2.26. The molecule has 0 aromatic rings. The van der Waals surface area contributed by atoms with Crippen molar-refractivity contribution in [1.29, 1.82) is 0 Å². The third-order valence-electron chi connectivity index (χ3n) is 2.26. The zero-order valence-corrected chi connectivity index (χ0v) is 8.03. The van der Waals surface area contributed by atoms with Crippen molar-refractivity contribution in [3.63, 3.8) is 0 Å². The summed E-state index contributed by atoms with van der Waals surface area (Å²) >= 11 is 0. The molecule has 0 radical (unpaired) electrons. The molecule has 1 fully saturated rings. The number of nitrogens with two attached hydrogens (primary N) is 1. The largest absolute Gasteiger partial charge is 0.480 e. The number of nitrogens with one attached hydrogen (secondary N) is 1. The van der Waals surface area contributed by atoms with E-state index in [1.165, 1.54) is 0 Å². The first kappa shape index (κ1) is 11.0. The highest BCUT2D eigenvalue weighted by atomic mass is 16.4. The Balaban J connectivity index is 1.98. The molecule has 0 saturated heterocycles. The SMILES string of the molecule is N[C@@H](CCCNC(=O)C1CC1)C(=O)O. The molecule has 4 N–H and O–H groups in total. The lowest BCUT2D eigenvalue weighted by Gasteiger charge is -2.06. The summed E-state index contributed by atoms with van der Waals surface area (Å²) < 4.78 is 0. The van der Waals surface area contributed by atoms with Crippen LogP contribution in [0.3, 0.4) is 0 Å². The number of hydrogen-bond donors (Lipinski definition) is 3. The van der Waals surface area contributed by atoms with E-state index in [2.05, 4.69) is 5.32 Å². The predicted molar refractivity (Wildman–Crippen MR) is 50.6 cm³/mol. The number of aliphatic carboxylic acids is 1. The molecule has 0 bridgehead atoms. The van der Waals surface area contributed by atoms with Crippen LogP contribution in [0.1, 0.15) is 25.7 Å². The summed E-state index contributed by atoms with van der Waals surface area (Å²) in [6, 6.07) is -0.812. The fourth-order valence-electron chi connectivity index (χ4n) is 1.15. The fourth-order valence-corrected chi connectivity index (χ4v) is 1.15. The van der Waals surface area contributed by atoms with Gasteiger partial charge in [-0.05, 0) is 25.7 Å². The predicted octanol–water partition coefficient (Wildman–Crippen LogP) is -0.295. The van der Waals surface area contributed by atoms with E-state index in [-0.39, 0.29) is 11.8 Å².